The number of aliphatic hydroxyl groups excluding tert-OH is 1. The van der Waals surface area contributed by atoms with Gasteiger partial charge in [0.25, 0.3) is 0 Å². The first kappa shape index (κ1) is 17.1. The Kier molecular flexibility index (Phi) is 4.32. The van der Waals surface area contributed by atoms with Crippen LogP contribution in [0.4, 0.5) is 5.69 Å². The van der Waals surface area contributed by atoms with Crippen molar-refractivity contribution in [2.45, 2.75) is 20.4 Å². The van der Waals surface area contributed by atoms with E-state index in [9.17, 15) is 5.11 Å². The number of aryl methyl sites for hydroxylation is 1. The van der Waals surface area contributed by atoms with Gasteiger partial charge < -0.3 is 19.3 Å². The molecule has 4 rings (SSSR count). The molecule has 2 aromatic carbocycles. The summed E-state index contributed by atoms with van der Waals surface area (Å²) in [7, 11) is 0. The lowest BCUT2D eigenvalue weighted by Gasteiger charge is -2.21. The van der Waals surface area contributed by atoms with Crippen molar-refractivity contribution in [3.05, 3.63) is 60.1 Å². The molecule has 0 bridgehead atoms. The van der Waals surface area contributed by atoms with Gasteiger partial charge in [0.15, 0.2) is 0 Å². The van der Waals surface area contributed by atoms with Crippen LogP contribution in [-0.2, 0) is 6.54 Å². The van der Waals surface area contributed by atoms with Gasteiger partial charge in [-0.25, -0.2) is 4.98 Å². The number of nitrogens with one attached hydrogen (secondary N) is 1. The monoisotopic (exact) mass is 362 g/mol. The minimum atomic E-state index is 0.149. The Morgan fingerprint density at radius 2 is 1.85 bits per heavy atom. The summed E-state index contributed by atoms with van der Waals surface area (Å²) in [6.45, 7) is 5.43. The summed E-state index contributed by atoms with van der Waals surface area (Å²) in [5, 5.41) is 19.5. The maximum Gasteiger partial charge on any atom is 0.148 e. The molecule has 0 fully saturated rings. The van der Waals surface area contributed by atoms with E-state index in [0.29, 0.717) is 30.3 Å². The van der Waals surface area contributed by atoms with Gasteiger partial charge in [0, 0.05) is 6.54 Å². The second-order valence-electron chi connectivity index (χ2n) is 6.33. The number of fused-ring (bicyclic) bond motifs is 1. The van der Waals surface area contributed by atoms with Crippen LogP contribution in [0.5, 0.6) is 5.75 Å². The molecular weight excluding hydrogens is 340 g/mol. The van der Waals surface area contributed by atoms with Crippen LogP contribution in [0.25, 0.3) is 16.6 Å². The van der Waals surface area contributed by atoms with Crippen LogP contribution >= 0.6 is 0 Å². The number of rotatable bonds is 5. The normalized spacial score (nSPS) is 14.4. The first-order valence-electron chi connectivity index (χ1n) is 9.11. The highest BCUT2D eigenvalue weighted by Crippen LogP contribution is 2.36. The van der Waals surface area contributed by atoms with Crippen LogP contribution in [-0.4, -0.2) is 33.6 Å². The van der Waals surface area contributed by atoms with Crippen LogP contribution < -0.4 is 9.64 Å². The summed E-state index contributed by atoms with van der Waals surface area (Å²) in [4.78, 5) is 6.46. The number of benzene rings is 2. The summed E-state index contributed by atoms with van der Waals surface area (Å²) in [6.07, 6.45) is 0. The van der Waals surface area contributed by atoms with E-state index >= 15 is 0 Å². The minimum absolute atomic E-state index is 0.149. The highest BCUT2D eigenvalue weighted by atomic mass is 16.5. The molecule has 0 saturated carbocycles. The molecule has 0 aliphatic carbocycles. The van der Waals surface area contributed by atoms with E-state index in [-0.39, 0.29) is 18.1 Å². The van der Waals surface area contributed by atoms with E-state index in [1.165, 1.54) is 0 Å². The molecule has 6 nitrogen and oxygen atoms in total. The number of hydrogen-bond donors (Lipinski definition) is 2. The molecule has 2 heterocycles. The lowest BCUT2D eigenvalue weighted by molar-refractivity contribution is 0.341. The third kappa shape index (κ3) is 2.73. The third-order valence-electron chi connectivity index (χ3n) is 4.75. The second kappa shape index (κ2) is 6.79. The maximum absolute atomic E-state index is 10.7. The van der Waals surface area contributed by atoms with Gasteiger partial charge in [-0.15, -0.1) is 0 Å². The van der Waals surface area contributed by atoms with Gasteiger partial charge in [0.2, 0.25) is 0 Å². The summed E-state index contributed by atoms with van der Waals surface area (Å²) >= 11 is 0. The van der Waals surface area contributed by atoms with Gasteiger partial charge in [0.1, 0.15) is 23.2 Å². The van der Waals surface area contributed by atoms with Gasteiger partial charge in [-0.2, -0.15) is 0 Å². The zero-order valence-electron chi connectivity index (χ0n) is 15.4. The molecule has 27 heavy (non-hydrogen) atoms. The summed E-state index contributed by atoms with van der Waals surface area (Å²) in [5.41, 5.74) is 3.09. The number of aliphatic hydroxyl groups is 1. The third-order valence-corrected chi connectivity index (χ3v) is 4.75. The largest absolute Gasteiger partial charge is 0.509 e. The molecule has 0 saturated heterocycles. The van der Waals surface area contributed by atoms with Crippen LogP contribution in [0.3, 0.4) is 0 Å². The van der Waals surface area contributed by atoms with E-state index in [0.717, 1.165) is 16.7 Å². The maximum atomic E-state index is 10.7. The van der Waals surface area contributed by atoms with Gasteiger partial charge in [-0.05, 0) is 38.1 Å². The van der Waals surface area contributed by atoms with Crippen molar-refractivity contribution in [2.24, 2.45) is 0 Å². The number of para-hydroxylation sites is 4. The highest BCUT2D eigenvalue weighted by molar-refractivity contribution is 6.30. The first-order valence-corrected chi connectivity index (χ1v) is 9.11. The van der Waals surface area contributed by atoms with Crippen molar-refractivity contribution in [3.8, 4) is 5.75 Å². The standard InChI is InChI=1S/C21H22N4O2/c1-3-24-15-10-6-5-9-14(15)23-21(24)19-17(26)13-25(20(19)22)16-11-7-8-12-18(16)27-4-2/h5-12,22,26H,3-4,13H2,1-2H3. The predicted molar refractivity (Wildman–Crippen MR) is 108 cm³/mol. The molecule has 138 valence electrons. The SMILES string of the molecule is CCOc1ccccc1N1CC(O)=C(c2nc3ccccc3n2CC)C1=N. The van der Waals surface area contributed by atoms with Crippen LogP contribution in [0, 0.1) is 5.41 Å². The van der Waals surface area contributed by atoms with Crippen molar-refractivity contribution in [2.75, 3.05) is 18.1 Å². The Morgan fingerprint density at radius 3 is 2.63 bits per heavy atom. The topological polar surface area (TPSA) is 74.4 Å². The zero-order valence-corrected chi connectivity index (χ0v) is 15.4. The molecule has 0 amide bonds. The van der Waals surface area contributed by atoms with Crippen molar-refractivity contribution in [1.82, 2.24) is 9.55 Å². The quantitative estimate of drug-likeness (QED) is 0.713. The average Bonchev–Trinajstić information content (AvgIpc) is 3.18. The number of imidazole rings is 1. The number of ether oxygens (including phenoxy) is 1. The summed E-state index contributed by atoms with van der Waals surface area (Å²) in [5.74, 6) is 1.70. The fraction of sp³-hybridized carbons (Fsp3) is 0.238. The van der Waals surface area contributed by atoms with E-state index < -0.39 is 0 Å². The van der Waals surface area contributed by atoms with E-state index in [4.69, 9.17) is 15.1 Å². The molecule has 1 aliphatic heterocycles. The Hall–Kier alpha value is -3.28. The van der Waals surface area contributed by atoms with Crippen molar-refractivity contribution in [3.63, 3.8) is 0 Å². The second-order valence-corrected chi connectivity index (χ2v) is 6.33. The molecule has 2 N–H and O–H groups in total. The smallest absolute Gasteiger partial charge is 0.148 e. The molecule has 3 aromatic rings. The predicted octanol–water partition coefficient (Wildman–Crippen LogP) is 4.22. The van der Waals surface area contributed by atoms with Gasteiger partial charge in [-0.1, -0.05) is 24.3 Å². The Balaban J connectivity index is 1.79. The minimum Gasteiger partial charge on any atom is -0.509 e. The fourth-order valence-corrected chi connectivity index (χ4v) is 3.56. The Bertz CT molecular complexity index is 1050. The van der Waals surface area contributed by atoms with E-state index in [2.05, 4.69) is 0 Å². The molecular formula is C21H22N4O2. The number of nitrogens with zero attached hydrogens (tertiary/aromatic N) is 3. The molecule has 0 radical (unpaired) electrons. The van der Waals surface area contributed by atoms with Gasteiger partial charge in [0.05, 0.1) is 35.4 Å². The summed E-state index contributed by atoms with van der Waals surface area (Å²) in [6, 6.07) is 15.5. The molecule has 1 aliphatic rings. The molecule has 6 heteroatoms. The van der Waals surface area contributed by atoms with Gasteiger partial charge in [-0.3, -0.25) is 5.41 Å². The van der Waals surface area contributed by atoms with Crippen LogP contribution in [0.15, 0.2) is 54.3 Å². The van der Waals surface area contributed by atoms with Crippen LogP contribution in [0.1, 0.15) is 19.7 Å². The zero-order chi connectivity index (χ0) is 19.0. The van der Waals surface area contributed by atoms with Crippen molar-refractivity contribution >= 4 is 28.1 Å². The fourth-order valence-electron chi connectivity index (χ4n) is 3.56. The van der Waals surface area contributed by atoms with Crippen molar-refractivity contribution < 1.29 is 9.84 Å². The highest BCUT2D eigenvalue weighted by Gasteiger charge is 2.33. The van der Waals surface area contributed by atoms with E-state index in [1.54, 1.807) is 4.90 Å². The lowest BCUT2D eigenvalue weighted by Crippen LogP contribution is -2.27. The number of aromatic nitrogens is 2. The number of hydrogen-bond acceptors (Lipinski definition) is 4. The van der Waals surface area contributed by atoms with Crippen molar-refractivity contribution in [1.29, 1.82) is 5.41 Å². The Morgan fingerprint density at radius 1 is 1.11 bits per heavy atom. The number of anilines is 1. The Labute approximate surface area is 157 Å². The molecule has 0 atom stereocenters. The lowest BCUT2D eigenvalue weighted by atomic mass is 10.2. The molecule has 0 unspecified atom stereocenters. The van der Waals surface area contributed by atoms with E-state index in [1.807, 2.05) is 66.9 Å². The van der Waals surface area contributed by atoms with Crippen LogP contribution in [0.2, 0.25) is 0 Å². The number of amidine groups is 1. The van der Waals surface area contributed by atoms with Gasteiger partial charge >= 0.3 is 0 Å². The first-order chi connectivity index (χ1) is 13.2. The molecule has 0 spiro atoms. The average molecular weight is 362 g/mol. The molecule has 1 aromatic heterocycles. The summed E-state index contributed by atoms with van der Waals surface area (Å²) < 4.78 is 7.74.